The summed E-state index contributed by atoms with van der Waals surface area (Å²) in [6.07, 6.45) is 1.37. The second-order valence-electron chi connectivity index (χ2n) is 6.02. The van der Waals surface area contributed by atoms with Crippen LogP contribution in [0.3, 0.4) is 0 Å². The summed E-state index contributed by atoms with van der Waals surface area (Å²) in [7, 11) is 1.70. The van der Waals surface area contributed by atoms with Crippen molar-refractivity contribution in [3.8, 4) is 0 Å². The smallest absolute Gasteiger partial charge is 0.0673 e. The van der Waals surface area contributed by atoms with Crippen LogP contribution in [0.25, 0.3) is 0 Å². The molecule has 88 valence electrons. The van der Waals surface area contributed by atoms with Crippen LogP contribution in [0.4, 0.5) is 0 Å². The molecule has 0 amide bonds. The highest BCUT2D eigenvalue weighted by Gasteiger charge is 2.47. The van der Waals surface area contributed by atoms with Crippen molar-refractivity contribution in [1.29, 1.82) is 0 Å². The molecule has 0 atom stereocenters. The van der Waals surface area contributed by atoms with E-state index < -0.39 is 5.97 Å². The Bertz CT molecular complexity index is 238. The summed E-state index contributed by atoms with van der Waals surface area (Å²) in [5, 5.41) is 11.0. The minimum absolute atomic E-state index is 0.0978. The Morgan fingerprint density at radius 2 is 1.60 bits per heavy atom. The molecule has 3 nitrogen and oxygen atoms in total. The first kappa shape index (κ1) is 12.5. The summed E-state index contributed by atoms with van der Waals surface area (Å²) in [5.41, 5.74) is -0.220. The Hall–Kier alpha value is -0.570. The standard InChI is InChI=1S/C12H22O3/c1-11(2)6-8(9(13)14)7-12(3,4)10(11)15-5/h8,10H,6-7H2,1-5H3,(H,13,14)/p-1. The van der Waals surface area contributed by atoms with Gasteiger partial charge < -0.3 is 14.6 Å². The minimum atomic E-state index is -0.925. The molecule has 0 heterocycles. The molecule has 3 heteroatoms. The Labute approximate surface area is 91.8 Å². The minimum Gasteiger partial charge on any atom is -0.550 e. The molecule has 0 aromatic rings. The fraction of sp³-hybridized carbons (Fsp3) is 0.917. The fourth-order valence-corrected chi connectivity index (χ4v) is 3.42. The van der Waals surface area contributed by atoms with Crippen LogP contribution in [0.2, 0.25) is 0 Å². The average Bonchev–Trinajstić information content (AvgIpc) is 1.99. The number of carbonyl (C=O) groups excluding carboxylic acids is 1. The van der Waals surface area contributed by atoms with Gasteiger partial charge in [0.25, 0.3) is 0 Å². The van der Waals surface area contributed by atoms with Crippen LogP contribution in [-0.2, 0) is 9.53 Å². The van der Waals surface area contributed by atoms with Gasteiger partial charge in [0, 0.05) is 13.1 Å². The van der Waals surface area contributed by atoms with E-state index in [4.69, 9.17) is 4.74 Å². The zero-order valence-electron chi connectivity index (χ0n) is 10.3. The maximum absolute atomic E-state index is 11.0. The number of hydrogen-bond acceptors (Lipinski definition) is 3. The van der Waals surface area contributed by atoms with Gasteiger partial charge in [-0.3, -0.25) is 0 Å². The van der Waals surface area contributed by atoms with Crippen molar-refractivity contribution in [3.63, 3.8) is 0 Å². The van der Waals surface area contributed by atoms with Crippen LogP contribution in [0, 0.1) is 16.7 Å². The molecule has 0 radical (unpaired) electrons. The lowest BCUT2D eigenvalue weighted by atomic mass is 9.59. The van der Waals surface area contributed by atoms with Crippen LogP contribution in [0.1, 0.15) is 40.5 Å². The molecule has 0 N–H and O–H groups in total. The van der Waals surface area contributed by atoms with Crippen molar-refractivity contribution in [2.45, 2.75) is 46.6 Å². The molecule has 1 rings (SSSR count). The van der Waals surface area contributed by atoms with E-state index in [0.29, 0.717) is 12.8 Å². The predicted molar refractivity (Wildman–Crippen MR) is 56.1 cm³/mol. The zero-order valence-corrected chi connectivity index (χ0v) is 10.3. The molecule has 0 bridgehead atoms. The third-order valence-corrected chi connectivity index (χ3v) is 3.53. The predicted octanol–water partition coefficient (Wildman–Crippen LogP) is 1.21. The van der Waals surface area contributed by atoms with Crippen LogP contribution in [-0.4, -0.2) is 19.2 Å². The third-order valence-electron chi connectivity index (χ3n) is 3.53. The molecule has 15 heavy (non-hydrogen) atoms. The second kappa shape index (κ2) is 3.78. The van der Waals surface area contributed by atoms with E-state index in [1.807, 2.05) is 0 Å². The molecule has 0 aromatic carbocycles. The number of carboxylic acid groups (broad SMARTS) is 1. The Kier molecular flexibility index (Phi) is 3.15. The number of carbonyl (C=O) groups is 1. The van der Waals surface area contributed by atoms with Gasteiger partial charge in [-0.1, -0.05) is 27.7 Å². The van der Waals surface area contributed by atoms with Crippen LogP contribution in [0.15, 0.2) is 0 Å². The highest BCUT2D eigenvalue weighted by Crippen LogP contribution is 2.49. The molecular formula is C12H21O3-. The Morgan fingerprint density at radius 1 is 1.20 bits per heavy atom. The molecule has 1 fully saturated rings. The molecule has 0 aliphatic heterocycles. The van der Waals surface area contributed by atoms with Gasteiger partial charge in [0.15, 0.2) is 0 Å². The molecule has 1 saturated carbocycles. The summed E-state index contributed by atoms with van der Waals surface area (Å²) in [4.78, 5) is 11.0. The lowest BCUT2D eigenvalue weighted by molar-refractivity contribution is -0.316. The lowest BCUT2D eigenvalue weighted by Crippen LogP contribution is -2.52. The third kappa shape index (κ3) is 2.33. The van der Waals surface area contributed by atoms with E-state index in [-0.39, 0.29) is 22.9 Å². The maximum Gasteiger partial charge on any atom is 0.0673 e. The van der Waals surface area contributed by atoms with E-state index in [9.17, 15) is 9.90 Å². The van der Waals surface area contributed by atoms with E-state index in [0.717, 1.165) is 0 Å². The van der Waals surface area contributed by atoms with Gasteiger partial charge in [0.2, 0.25) is 0 Å². The molecule has 0 aromatic heterocycles. The SMILES string of the molecule is COC1C(C)(C)CC(C(=O)[O-])CC1(C)C. The summed E-state index contributed by atoms with van der Waals surface area (Å²) in [6.45, 7) is 8.27. The molecule has 1 aliphatic rings. The van der Waals surface area contributed by atoms with Crippen molar-refractivity contribution in [2.75, 3.05) is 7.11 Å². The summed E-state index contributed by atoms with van der Waals surface area (Å²) < 4.78 is 5.54. The van der Waals surface area contributed by atoms with E-state index >= 15 is 0 Å². The molecule has 0 saturated heterocycles. The van der Waals surface area contributed by atoms with Gasteiger partial charge >= 0.3 is 0 Å². The molecule has 0 unspecified atom stereocenters. The summed E-state index contributed by atoms with van der Waals surface area (Å²) in [6, 6.07) is 0. The molecule has 1 aliphatic carbocycles. The normalized spacial score (nSPS) is 33.7. The van der Waals surface area contributed by atoms with Crippen molar-refractivity contribution < 1.29 is 14.6 Å². The Balaban J connectivity index is 2.95. The zero-order chi connectivity index (χ0) is 11.9. The van der Waals surface area contributed by atoms with Gasteiger partial charge in [-0.25, -0.2) is 0 Å². The first-order valence-corrected chi connectivity index (χ1v) is 5.44. The van der Waals surface area contributed by atoms with E-state index in [1.54, 1.807) is 7.11 Å². The number of aliphatic carboxylic acids is 1. The average molecular weight is 213 g/mol. The van der Waals surface area contributed by atoms with Crippen LogP contribution in [0.5, 0.6) is 0 Å². The van der Waals surface area contributed by atoms with Crippen molar-refractivity contribution in [1.82, 2.24) is 0 Å². The van der Waals surface area contributed by atoms with E-state index in [2.05, 4.69) is 27.7 Å². The Morgan fingerprint density at radius 3 is 1.87 bits per heavy atom. The largest absolute Gasteiger partial charge is 0.550 e. The van der Waals surface area contributed by atoms with Crippen molar-refractivity contribution >= 4 is 5.97 Å². The van der Waals surface area contributed by atoms with Crippen molar-refractivity contribution in [3.05, 3.63) is 0 Å². The second-order valence-corrected chi connectivity index (χ2v) is 6.02. The van der Waals surface area contributed by atoms with Gasteiger partial charge in [-0.05, 0) is 29.6 Å². The topological polar surface area (TPSA) is 49.4 Å². The van der Waals surface area contributed by atoms with Gasteiger partial charge in [0.1, 0.15) is 0 Å². The van der Waals surface area contributed by atoms with Crippen molar-refractivity contribution in [2.24, 2.45) is 16.7 Å². The van der Waals surface area contributed by atoms with Gasteiger partial charge in [0.05, 0.1) is 6.10 Å². The van der Waals surface area contributed by atoms with Crippen LogP contribution >= 0.6 is 0 Å². The monoisotopic (exact) mass is 213 g/mol. The summed E-state index contributed by atoms with van der Waals surface area (Å²) >= 11 is 0. The van der Waals surface area contributed by atoms with Gasteiger partial charge in [-0.15, -0.1) is 0 Å². The number of methoxy groups -OCH3 is 1. The quantitative estimate of drug-likeness (QED) is 0.693. The first-order valence-electron chi connectivity index (χ1n) is 5.44. The van der Waals surface area contributed by atoms with Gasteiger partial charge in [-0.2, -0.15) is 0 Å². The highest BCUT2D eigenvalue weighted by molar-refractivity contribution is 5.68. The number of rotatable bonds is 2. The lowest BCUT2D eigenvalue weighted by Gasteiger charge is -2.51. The number of ether oxygens (including phenoxy) is 1. The molecule has 0 spiro atoms. The number of hydrogen-bond donors (Lipinski definition) is 0. The summed E-state index contributed by atoms with van der Waals surface area (Å²) in [5.74, 6) is -1.27. The fourth-order valence-electron chi connectivity index (χ4n) is 3.42. The van der Waals surface area contributed by atoms with E-state index in [1.165, 1.54) is 0 Å². The maximum atomic E-state index is 11.0. The highest BCUT2D eigenvalue weighted by atomic mass is 16.5. The molecular weight excluding hydrogens is 192 g/mol. The first-order chi connectivity index (χ1) is 6.70. The number of carboxylic acids is 1. The van der Waals surface area contributed by atoms with Crippen LogP contribution < -0.4 is 5.11 Å².